The van der Waals surface area contributed by atoms with Crippen LogP contribution >= 0.6 is 0 Å². The first-order valence-corrected chi connectivity index (χ1v) is 19.5. The Hall–Kier alpha value is -5.46. The number of alkyl carbamates (subject to hydrolysis) is 1. The van der Waals surface area contributed by atoms with Crippen LogP contribution in [0.15, 0.2) is 60.9 Å². The Labute approximate surface area is 321 Å². The van der Waals surface area contributed by atoms with Gasteiger partial charge in [-0.2, -0.15) is 0 Å². The number of aromatic nitrogens is 4. The van der Waals surface area contributed by atoms with Crippen LogP contribution in [0.25, 0.3) is 33.6 Å². The van der Waals surface area contributed by atoms with Crippen molar-refractivity contribution in [3.05, 3.63) is 72.6 Å². The molecule has 0 spiro atoms. The van der Waals surface area contributed by atoms with E-state index in [1.165, 1.54) is 7.11 Å². The van der Waals surface area contributed by atoms with Crippen molar-refractivity contribution in [1.29, 1.82) is 0 Å². The molecule has 2 aromatic heterocycles. The zero-order chi connectivity index (χ0) is 39.0. The summed E-state index contributed by atoms with van der Waals surface area (Å²) in [7, 11) is 2.89. The Morgan fingerprint density at radius 2 is 1.29 bits per heavy atom. The van der Waals surface area contributed by atoms with Crippen LogP contribution in [0.5, 0.6) is 0 Å². The first-order chi connectivity index (χ1) is 26.5. The highest BCUT2D eigenvalue weighted by molar-refractivity contribution is 5.90. The second kappa shape index (κ2) is 15.7. The molecule has 4 amide bonds. The molecule has 2 aliphatic carbocycles. The molecule has 290 valence electrons. The highest BCUT2D eigenvalue weighted by Gasteiger charge is 2.60. The van der Waals surface area contributed by atoms with Crippen LogP contribution in [0, 0.1) is 29.6 Å². The van der Waals surface area contributed by atoms with Gasteiger partial charge in [0.05, 0.1) is 42.9 Å². The van der Waals surface area contributed by atoms with E-state index in [1.807, 2.05) is 45.0 Å². The zero-order valence-corrected chi connectivity index (χ0v) is 32.4. The fraction of sp³-hybridized carbons (Fsp3) is 0.476. The second-order valence-corrected chi connectivity index (χ2v) is 15.9. The maximum absolute atomic E-state index is 13.5. The lowest BCUT2D eigenvalue weighted by Gasteiger charge is -2.57. The Morgan fingerprint density at radius 3 is 1.82 bits per heavy atom. The Balaban J connectivity index is 0.999. The summed E-state index contributed by atoms with van der Waals surface area (Å²) in [5.41, 5.74) is 5.91. The number of H-pyrrole nitrogens is 2. The van der Waals surface area contributed by atoms with Crippen molar-refractivity contribution in [2.24, 2.45) is 29.6 Å². The van der Waals surface area contributed by atoms with E-state index in [9.17, 15) is 19.2 Å². The lowest BCUT2D eigenvalue weighted by molar-refractivity contribution is -0.148. The summed E-state index contributed by atoms with van der Waals surface area (Å²) in [6.07, 6.45) is 6.79. The smallest absolute Gasteiger partial charge is 0.407 e. The van der Waals surface area contributed by atoms with Crippen LogP contribution in [0.4, 0.5) is 4.79 Å². The number of nitrogens with one attached hydrogen (secondary N) is 5. The number of likely N-dealkylation sites (N-methyl/N-ethyl adjacent to an activating group) is 1. The second-order valence-electron chi connectivity index (χ2n) is 15.9. The Kier molecular flexibility index (Phi) is 10.8. The largest absolute Gasteiger partial charge is 0.453 e. The molecule has 3 aliphatic rings. The van der Waals surface area contributed by atoms with Gasteiger partial charge in [0.25, 0.3) is 0 Å². The van der Waals surface area contributed by atoms with E-state index < -0.39 is 18.2 Å². The Morgan fingerprint density at radius 1 is 0.745 bits per heavy atom. The van der Waals surface area contributed by atoms with Gasteiger partial charge in [0.2, 0.25) is 17.7 Å². The fourth-order valence-corrected chi connectivity index (χ4v) is 8.68. The van der Waals surface area contributed by atoms with Crippen LogP contribution in [0.3, 0.4) is 0 Å². The van der Waals surface area contributed by atoms with Gasteiger partial charge in [0, 0.05) is 19.5 Å². The van der Waals surface area contributed by atoms with E-state index in [4.69, 9.17) is 9.72 Å². The van der Waals surface area contributed by atoms with Gasteiger partial charge in [-0.3, -0.25) is 14.4 Å². The first kappa shape index (κ1) is 37.8. The number of nitrogens with zero attached hydrogens (tertiary/aromatic N) is 3. The summed E-state index contributed by atoms with van der Waals surface area (Å²) in [4.78, 5) is 69.6. The minimum absolute atomic E-state index is 0.0147. The van der Waals surface area contributed by atoms with E-state index in [0.29, 0.717) is 18.4 Å². The van der Waals surface area contributed by atoms with E-state index >= 15 is 0 Å². The van der Waals surface area contributed by atoms with Gasteiger partial charge in [-0.15, -0.1) is 0 Å². The highest BCUT2D eigenvalue weighted by atomic mass is 16.5. The minimum atomic E-state index is -0.683. The van der Waals surface area contributed by atoms with Crippen molar-refractivity contribution < 1.29 is 23.9 Å². The molecule has 5 N–H and O–H groups in total. The van der Waals surface area contributed by atoms with Gasteiger partial charge in [-0.25, -0.2) is 14.8 Å². The summed E-state index contributed by atoms with van der Waals surface area (Å²) in [6.45, 7) is 8.29. The van der Waals surface area contributed by atoms with Gasteiger partial charge >= 0.3 is 6.09 Å². The van der Waals surface area contributed by atoms with Crippen molar-refractivity contribution in [2.75, 3.05) is 20.7 Å². The van der Waals surface area contributed by atoms with Crippen molar-refractivity contribution in [1.82, 2.24) is 40.8 Å². The lowest BCUT2D eigenvalue weighted by atomic mass is 9.46. The van der Waals surface area contributed by atoms with Gasteiger partial charge in [-0.1, -0.05) is 76.2 Å². The molecule has 0 radical (unpaired) electrons. The number of methoxy groups -OCH3 is 1. The van der Waals surface area contributed by atoms with Crippen molar-refractivity contribution in [3.8, 4) is 33.6 Å². The molecular formula is C42H52N8O5. The average Bonchev–Trinajstić information content (AvgIpc) is 3.97. The number of ether oxygens (including phenoxy) is 1. The third-order valence-electron chi connectivity index (χ3n) is 12.0. The number of hydrogen-bond acceptors (Lipinski definition) is 7. The number of likely N-dealkylation sites (tertiary alicyclic amines) is 1. The molecule has 13 nitrogen and oxygen atoms in total. The summed E-state index contributed by atoms with van der Waals surface area (Å²) < 4.78 is 4.76. The molecule has 7 atom stereocenters. The van der Waals surface area contributed by atoms with Crippen LogP contribution in [-0.4, -0.2) is 81.4 Å². The molecule has 3 fully saturated rings. The molecule has 55 heavy (non-hydrogen) atoms. The molecule has 1 saturated heterocycles. The van der Waals surface area contributed by atoms with E-state index in [0.717, 1.165) is 71.0 Å². The predicted molar refractivity (Wildman–Crippen MR) is 208 cm³/mol. The summed E-state index contributed by atoms with van der Waals surface area (Å²) >= 11 is 0. The first-order valence-electron chi connectivity index (χ1n) is 19.5. The molecular weight excluding hydrogens is 697 g/mol. The number of benzene rings is 2. The number of hydrogen-bond donors (Lipinski definition) is 5. The quantitative estimate of drug-likeness (QED) is 0.122. The van der Waals surface area contributed by atoms with Crippen LogP contribution in [0.1, 0.15) is 77.0 Å². The molecule has 1 aliphatic heterocycles. The molecule has 3 heterocycles. The number of amides is 4. The third-order valence-corrected chi connectivity index (χ3v) is 12.0. The molecule has 0 bridgehead atoms. The van der Waals surface area contributed by atoms with Gasteiger partial charge in [0.1, 0.15) is 23.7 Å². The molecule has 2 saturated carbocycles. The third kappa shape index (κ3) is 7.36. The van der Waals surface area contributed by atoms with E-state index in [-0.39, 0.29) is 47.4 Å². The standard InChI is InChI=1S/C42H52N8O5/c1-22(2)35(40(52)43-5)48-39(51)34-29-18-17-28(29)33(34)38-45-21-31(47-38)27-15-11-25(12-16-27)24-9-13-26(14-10-24)30-20-44-37(46-30)32-8-7-19-50(32)41(53)36(23(3)4)49-42(54)55-6/h9-16,20-23,28-29,32-36H,7-8,17-19H2,1-6H3,(H,43,52)(H,44,46)(H,45,47)(H,48,51)(H,49,54)/t28-,29?,32-,33+,34+,35-,36-/m0/s1. The number of carbonyl (C=O) groups is 4. The van der Waals surface area contributed by atoms with Crippen molar-refractivity contribution >= 4 is 23.8 Å². The number of imidazole rings is 2. The van der Waals surface area contributed by atoms with E-state index in [1.54, 1.807) is 7.05 Å². The molecule has 7 rings (SSSR count). The maximum atomic E-state index is 13.5. The molecule has 2 aromatic carbocycles. The van der Waals surface area contributed by atoms with Crippen molar-refractivity contribution in [3.63, 3.8) is 0 Å². The predicted octanol–water partition coefficient (Wildman–Crippen LogP) is 5.80. The van der Waals surface area contributed by atoms with Gasteiger partial charge in [0.15, 0.2) is 0 Å². The minimum Gasteiger partial charge on any atom is -0.453 e. The van der Waals surface area contributed by atoms with Gasteiger partial charge < -0.3 is 35.6 Å². The highest BCUT2D eigenvalue weighted by Crippen LogP contribution is 2.62. The van der Waals surface area contributed by atoms with Crippen LogP contribution in [-0.2, 0) is 19.1 Å². The SMILES string of the molecule is CNC(=O)[C@@H](NC(=O)[C@@H]1C2CC[C@@H]2[C@H]1c1ncc(-c2ccc(-c3ccc(-c4cnc([C@@H]5CCCN5C(=O)[C@@H](NC(=O)OC)C(C)C)[nH]4)cc3)cc2)[nH]1)C(C)C. The number of carbonyl (C=O) groups excluding carboxylic acids is 4. The van der Waals surface area contributed by atoms with Gasteiger partial charge in [-0.05, 0) is 71.6 Å². The topological polar surface area (TPSA) is 174 Å². The zero-order valence-electron chi connectivity index (χ0n) is 32.4. The molecule has 4 aromatic rings. The lowest BCUT2D eigenvalue weighted by Crippen LogP contribution is -2.60. The monoisotopic (exact) mass is 748 g/mol. The normalized spacial score (nSPS) is 22.6. The molecule has 1 unspecified atom stereocenters. The van der Waals surface area contributed by atoms with Crippen LogP contribution < -0.4 is 16.0 Å². The number of rotatable bonds is 12. The number of fused-ring (bicyclic) bond motifs is 1. The van der Waals surface area contributed by atoms with Crippen LogP contribution in [0.2, 0.25) is 0 Å². The molecule has 13 heteroatoms. The average molecular weight is 749 g/mol. The Bertz CT molecular complexity index is 2020. The van der Waals surface area contributed by atoms with Crippen molar-refractivity contribution in [2.45, 2.75) is 77.4 Å². The fourth-order valence-electron chi connectivity index (χ4n) is 8.68. The summed E-state index contributed by atoms with van der Waals surface area (Å²) in [6, 6.07) is 15.2. The van der Waals surface area contributed by atoms with E-state index in [2.05, 4.69) is 79.4 Å². The number of aromatic amines is 2. The summed E-state index contributed by atoms with van der Waals surface area (Å²) in [5.74, 6) is 1.67. The maximum Gasteiger partial charge on any atom is 0.407 e. The summed E-state index contributed by atoms with van der Waals surface area (Å²) in [5, 5.41) is 8.40.